The van der Waals surface area contributed by atoms with Gasteiger partial charge < -0.3 is 5.32 Å². The molecular weight excluding hydrogens is 220 g/mol. The Morgan fingerprint density at radius 2 is 2.06 bits per heavy atom. The van der Waals surface area contributed by atoms with Crippen LogP contribution in [0.1, 0.15) is 39.2 Å². The lowest BCUT2D eigenvalue weighted by molar-refractivity contribution is 0.168. The van der Waals surface area contributed by atoms with Crippen molar-refractivity contribution in [3.63, 3.8) is 0 Å². The zero-order valence-electron chi connectivity index (χ0n) is 11.9. The highest BCUT2D eigenvalue weighted by atomic mass is 15.2. The highest BCUT2D eigenvalue weighted by molar-refractivity contribution is 5.24. The molecule has 0 saturated carbocycles. The molecule has 1 aromatic carbocycles. The summed E-state index contributed by atoms with van der Waals surface area (Å²) >= 11 is 0. The number of nitrogens with zero attached hydrogens (tertiary/aromatic N) is 1. The molecule has 18 heavy (non-hydrogen) atoms. The van der Waals surface area contributed by atoms with Crippen molar-refractivity contribution in [3.05, 3.63) is 35.9 Å². The molecule has 1 N–H and O–H groups in total. The largest absolute Gasteiger partial charge is 0.307 e. The Bertz CT molecular complexity index is 363. The summed E-state index contributed by atoms with van der Waals surface area (Å²) in [4.78, 5) is 2.63. The molecule has 1 aromatic rings. The lowest BCUT2D eigenvalue weighted by Gasteiger charge is -2.36. The molecular formula is C16H26N2. The molecule has 1 aliphatic heterocycles. The van der Waals surface area contributed by atoms with Gasteiger partial charge in [0.1, 0.15) is 0 Å². The second kappa shape index (κ2) is 5.85. The molecule has 1 saturated heterocycles. The number of hydrogen-bond acceptors (Lipinski definition) is 2. The predicted molar refractivity (Wildman–Crippen MR) is 77.7 cm³/mol. The van der Waals surface area contributed by atoms with Gasteiger partial charge >= 0.3 is 0 Å². The SMILES string of the molecule is CCC(C)N1CCCNC(C)(c2ccccc2)C1. The van der Waals surface area contributed by atoms with Crippen molar-refractivity contribution in [2.24, 2.45) is 0 Å². The predicted octanol–water partition coefficient (Wildman–Crippen LogP) is 3.00. The Balaban J connectivity index is 2.20. The first-order chi connectivity index (χ1) is 8.65. The van der Waals surface area contributed by atoms with Crippen molar-refractivity contribution in [1.29, 1.82) is 0 Å². The highest BCUT2D eigenvalue weighted by Gasteiger charge is 2.31. The average Bonchev–Trinajstić information content (AvgIpc) is 2.62. The van der Waals surface area contributed by atoms with Gasteiger partial charge in [-0.05, 0) is 45.3 Å². The van der Waals surface area contributed by atoms with Crippen LogP contribution in [0.3, 0.4) is 0 Å². The maximum atomic E-state index is 3.74. The van der Waals surface area contributed by atoms with Gasteiger partial charge in [0.25, 0.3) is 0 Å². The Morgan fingerprint density at radius 3 is 2.72 bits per heavy atom. The third kappa shape index (κ3) is 2.93. The second-order valence-electron chi connectivity index (χ2n) is 5.71. The monoisotopic (exact) mass is 246 g/mol. The van der Waals surface area contributed by atoms with Crippen LogP contribution in [0.2, 0.25) is 0 Å². The van der Waals surface area contributed by atoms with Crippen LogP contribution in [-0.4, -0.2) is 30.6 Å². The standard InChI is InChI=1S/C16H26N2/c1-4-14(2)18-12-8-11-17-16(3,13-18)15-9-6-5-7-10-15/h5-7,9-10,14,17H,4,8,11-13H2,1-3H3. The van der Waals surface area contributed by atoms with Crippen LogP contribution in [-0.2, 0) is 5.54 Å². The molecule has 2 nitrogen and oxygen atoms in total. The maximum absolute atomic E-state index is 3.74. The van der Waals surface area contributed by atoms with E-state index in [-0.39, 0.29) is 5.54 Å². The van der Waals surface area contributed by atoms with Crippen LogP contribution in [0.4, 0.5) is 0 Å². The number of hydrogen-bond donors (Lipinski definition) is 1. The van der Waals surface area contributed by atoms with Crippen LogP contribution >= 0.6 is 0 Å². The fourth-order valence-corrected chi connectivity index (χ4v) is 2.82. The summed E-state index contributed by atoms with van der Waals surface area (Å²) in [5.74, 6) is 0. The third-order valence-electron chi connectivity index (χ3n) is 4.28. The van der Waals surface area contributed by atoms with Gasteiger partial charge in [0.05, 0.1) is 5.54 Å². The minimum atomic E-state index is 0.0845. The molecule has 2 unspecified atom stereocenters. The Kier molecular flexibility index (Phi) is 4.41. The first-order valence-corrected chi connectivity index (χ1v) is 7.20. The molecule has 1 fully saturated rings. The Labute approximate surface area is 111 Å². The molecule has 0 spiro atoms. The Hall–Kier alpha value is -0.860. The van der Waals surface area contributed by atoms with Gasteiger partial charge in [0, 0.05) is 12.6 Å². The van der Waals surface area contributed by atoms with E-state index >= 15 is 0 Å². The topological polar surface area (TPSA) is 15.3 Å². The van der Waals surface area contributed by atoms with Crippen molar-refractivity contribution in [3.8, 4) is 0 Å². The van der Waals surface area contributed by atoms with Crippen LogP contribution in [0.15, 0.2) is 30.3 Å². The number of rotatable bonds is 3. The zero-order valence-corrected chi connectivity index (χ0v) is 11.9. The summed E-state index contributed by atoms with van der Waals surface area (Å²) in [5.41, 5.74) is 1.49. The lowest BCUT2D eigenvalue weighted by Crippen LogP contribution is -2.48. The number of benzene rings is 1. The van der Waals surface area contributed by atoms with Crippen molar-refractivity contribution >= 4 is 0 Å². The van der Waals surface area contributed by atoms with E-state index in [2.05, 4.69) is 61.3 Å². The summed E-state index contributed by atoms with van der Waals surface area (Å²) in [7, 11) is 0. The summed E-state index contributed by atoms with van der Waals surface area (Å²) in [6, 6.07) is 11.5. The van der Waals surface area contributed by atoms with E-state index in [1.54, 1.807) is 0 Å². The molecule has 0 radical (unpaired) electrons. The van der Waals surface area contributed by atoms with E-state index in [9.17, 15) is 0 Å². The van der Waals surface area contributed by atoms with E-state index in [1.165, 1.54) is 24.9 Å². The quantitative estimate of drug-likeness (QED) is 0.882. The van der Waals surface area contributed by atoms with Crippen LogP contribution < -0.4 is 5.32 Å². The van der Waals surface area contributed by atoms with Crippen molar-refractivity contribution in [1.82, 2.24) is 10.2 Å². The van der Waals surface area contributed by atoms with Gasteiger partial charge in [-0.3, -0.25) is 4.90 Å². The molecule has 0 amide bonds. The van der Waals surface area contributed by atoms with Crippen LogP contribution in [0, 0.1) is 0 Å². The van der Waals surface area contributed by atoms with E-state index < -0.39 is 0 Å². The molecule has 2 heteroatoms. The zero-order chi connectivity index (χ0) is 13.0. The van der Waals surface area contributed by atoms with Crippen molar-refractivity contribution < 1.29 is 0 Å². The third-order valence-corrected chi connectivity index (χ3v) is 4.28. The molecule has 2 atom stereocenters. The van der Waals surface area contributed by atoms with Gasteiger partial charge in [0.2, 0.25) is 0 Å². The van der Waals surface area contributed by atoms with Crippen LogP contribution in [0.5, 0.6) is 0 Å². The summed E-state index contributed by atoms with van der Waals surface area (Å²) in [6.07, 6.45) is 2.47. The Morgan fingerprint density at radius 1 is 1.33 bits per heavy atom. The van der Waals surface area contributed by atoms with Gasteiger partial charge in [-0.2, -0.15) is 0 Å². The van der Waals surface area contributed by atoms with Gasteiger partial charge in [0.15, 0.2) is 0 Å². The molecule has 1 aliphatic rings. The van der Waals surface area contributed by atoms with Crippen LogP contribution in [0.25, 0.3) is 0 Å². The van der Waals surface area contributed by atoms with E-state index in [1.807, 2.05) is 0 Å². The first-order valence-electron chi connectivity index (χ1n) is 7.20. The van der Waals surface area contributed by atoms with Crippen molar-refractivity contribution in [2.75, 3.05) is 19.6 Å². The molecule has 0 aliphatic carbocycles. The van der Waals surface area contributed by atoms with Gasteiger partial charge in [-0.1, -0.05) is 37.3 Å². The summed E-state index contributed by atoms with van der Waals surface area (Å²) in [5, 5.41) is 3.74. The molecule has 0 bridgehead atoms. The fraction of sp³-hybridized carbons (Fsp3) is 0.625. The lowest BCUT2D eigenvalue weighted by atomic mass is 9.91. The highest BCUT2D eigenvalue weighted by Crippen LogP contribution is 2.25. The normalized spacial score (nSPS) is 27.7. The fourth-order valence-electron chi connectivity index (χ4n) is 2.82. The number of nitrogens with one attached hydrogen (secondary N) is 1. The minimum absolute atomic E-state index is 0.0845. The van der Waals surface area contributed by atoms with Gasteiger partial charge in [-0.25, -0.2) is 0 Å². The molecule has 1 heterocycles. The molecule has 0 aromatic heterocycles. The van der Waals surface area contributed by atoms with Gasteiger partial charge in [-0.15, -0.1) is 0 Å². The second-order valence-corrected chi connectivity index (χ2v) is 5.71. The van der Waals surface area contributed by atoms with E-state index in [0.717, 1.165) is 13.1 Å². The summed E-state index contributed by atoms with van der Waals surface area (Å²) < 4.78 is 0. The summed E-state index contributed by atoms with van der Waals surface area (Å²) in [6.45, 7) is 10.4. The molecule has 2 rings (SSSR count). The maximum Gasteiger partial charge on any atom is 0.0535 e. The molecule has 100 valence electrons. The van der Waals surface area contributed by atoms with E-state index in [4.69, 9.17) is 0 Å². The minimum Gasteiger partial charge on any atom is -0.307 e. The average molecular weight is 246 g/mol. The smallest absolute Gasteiger partial charge is 0.0535 e. The van der Waals surface area contributed by atoms with E-state index in [0.29, 0.717) is 6.04 Å². The van der Waals surface area contributed by atoms with Crippen molar-refractivity contribution in [2.45, 2.75) is 45.2 Å². The first kappa shape index (κ1) is 13.6.